The van der Waals surface area contributed by atoms with Crippen molar-refractivity contribution in [1.82, 2.24) is 39.4 Å². The molecule has 5 rings (SSSR count). The number of nitrogens with zero attached hydrogens (tertiary/aromatic N) is 8. The van der Waals surface area contributed by atoms with Gasteiger partial charge in [-0.15, -0.1) is 10.2 Å². The Labute approximate surface area is 166 Å². The largest absolute Gasteiger partial charge is 0.451 e. The first-order chi connectivity index (χ1) is 14.0. The second-order valence-electron chi connectivity index (χ2n) is 7.41. The lowest BCUT2D eigenvalue weighted by Gasteiger charge is -2.04. The van der Waals surface area contributed by atoms with Crippen molar-refractivity contribution >= 4 is 11.7 Å². The number of hydrogen-bond acceptors (Lipinski definition) is 7. The van der Waals surface area contributed by atoms with Crippen LogP contribution in [0, 0.1) is 13.8 Å². The first kappa shape index (κ1) is 17.5. The lowest BCUT2D eigenvalue weighted by Crippen LogP contribution is -2.11. The SMILES string of the molecule is COC(=O)n1cc(C2CC2c2cc(-c3cc(C)c4nnc(C)n4n3)n(C)n2)cn1. The Balaban J connectivity index is 1.44. The Kier molecular flexibility index (Phi) is 3.76. The molecule has 1 fully saturated rings. The average Bonchev–Trinajstić information content (AvgIpc) is 3.04. The molecular formula is C19H20N8O2. The fourth-order valence-corrected chi connectivity index (χ4v) is 3.78. The van der Waals surface area contributed by atoms with E-state index in [0.717, 1.165) is 46.1 Å². The van der Waals surface area contributed by atoms with Crippen LogP contribution in [0.15, 0.2) is 24.5 Å². The van der Waals surface area contributed by atoms with E-state index in [9.17, 15) is 4.79 Å². The smallest absolute Gasteiger partial charge is 0.434 e. The summed E-state index contributed by atoms with van der Waals surface area (Å²) < 4.78 is 9.54. The molecule has 0 radical (unpaired) electrons. The summed E-state index contributed by atoms with van der Waals surface area (Å²) in [5.41, 5.74) is 5.57. The fraction of sp³-hybridized carbons (Fsp3) is 0.368. The van der Waals surface area contributed by atoms with E-state index in [4.69, 9.17) is 14.9 Å². The van der Waals surface area contributed by atoms with Gasteiger partial charge in [-0.1, -0.05) is 0 Å². The van der Waals surface area contributed by atoms with Gasteiger partial charge >= 0.3 is 6.09 Å². The van der Waals surface area contributed by atoms with Crippen LogP contribution in [-0.2, 0) is 11.8 Å². The highest BCUT2D eigenvalue weighted by atomic mass is 16.5. The van der Waals surface area contributed by atoms with Crippen molar-refractivity contribution in [3.05, 3.63) is 47.2 Å². The third kappa shape index (κ3) is 2.79. The van der Waals surface area contributed by atoms with Gasteiger partial charge in [0.1, 0.15) is 5.69 Å². The van der Waals surface area contributed by atoms with Gasteiger partial charge in [0.05, 0.1) is 24.7 Å². The number of hydrogen-bond donors (Lipinski definition) is 0. The summed E-state index contributed by atoms with van der Waals surface area (Å²) >= 11 is 0. The molecular weight excluding hydrogens is 372 g/mol. The summed E-state index contributed by atoms with van der Waals surface area (Å²) in [4.78, 5) is 11.6. The molecule has 0 saturated heterocycles. The molecule has 2 atom stereocenters. The molecule has 0 aromatic carbocycles. The second-order valence-corrected chi connectivity index (χ2v) is 7.41. The van der Waals surface area contributed by atoms with Gasteiger partial charge < -0.3 is 4.74 Å². The average molecular weight is 392 g/mol. The van der Waals surface area contributed by atoms with Crippen LogP contribution < -0.4 is 0 Å². The van der Waals surface area contributed by atoms with Crippen molar-refractivity contribution < 1.29 is 9.53 Å². The lowest BCUT2D eigenvalue weighted by molar-refractivity contribution is 0.169. The summed E-state index contributed by atoms with van der Waals surface area (Å²) in [6.45, 7) is 3.88. The maximum absolute atomic E-state index is 11.6. The highest BCUT2D eigenvalue weighted by Crippen LogP contribution is 2.54. The summed E-state index contributed by atoms with van der Waals surface area (Å²) in [6.07, 6.45) is 3.93. The van der Waals surface area contributed by atoms with Gasteiger partial charge in [0.15, 0.2) is 11.5 Å². The van der Waals surface area contributed by atoms with Crippen LogP contribution in [0.2, 0.25) is 0 Å². The molecule has 1 saturated carbocycles. The standard InChI is InChI=1S/C19H20N8O2/c1-10-5-16(24-27-11(2)21-22-18(10)27)17-7-15(23-25(17)3)14-6-13(14)12-8-20-26(9-12)19(28)29-4/h5,7-9,13-14H,6H2,1-4H3. The zero-order chi connectivity index (χ0) is 20.3. The number of carbonyl (C=O) groups excluding carboxylic acids is 1. The topological polar surface area (TPSA) is 105 Å². The molecule has 0 bridgehead atoms. The third-order valence-corrected chi connectivity index (χ3v) is 5.43. The second kappa shape index (κ2) is 6.23. The molecule has 4 heterocycles. The third-order valence-electron chi connectivity index (χ3n) is 5.43. The molecule has 2 unspecified atom stereocenters. The molecule has 4 aromatic heterocycles. The highest BCUT2D eigenvalue weighted by Gasteiger charge is 2.42. The predicted octanol–water partition coefficient (Wildman–Crippen LogP) is 2.22. The number of carbonyl (C=O) groups is 1. The summed E-state index contributed by atoms with van der Waals surface area (Å²) in [5.74, 6) is 1.34. The maximum atomic E-state index is 11.6. The van der Waals surface area contributed by atoms with E-state index in [1.165, 1.54) is 11.8 Å². The number of ether oxygens (including phenoxy) is 1. The van der Waals surface area contributed by atoms with E-state index < -0.39 is 6.09 Å². The van der Waals surface area contributed by atoms with Gasteiger partial charge in [-0.2, -0.15) is 24.5 Å². The minimum atomic E-state index is -0.491. The first-order valence-electron chi connectivity index (χ1n) is 9.33. The van der Waals surface area contributed by atoms with Crippen LogP contribution >= 0.6 is 0 Å². The zero-order valence-corrected chi connectivity index (χ0v) is 16.6. The number of fused-ring (bicyclic) bond motifs is 1. The lowest BCUT2D eigenvalue weighted by atomic mass is 10.1. The number of aryl methyl sites for hydroxylation is 3. The molecule has 10 heteroatoms. The van der Waals surface area contributed by atoms with Crippen LogP contribution in [0.4, 0.5) is 4.79 Å². The van der Waals surface area contributed by atoms with E-state index >= 15 is 0 Å². The van der Waals surface area contributed by atoms with Crippen molar-refractivity contribution in [3.8, 4) is 11.4 Å². The zero-order valence-electron chi connectivity index (χ0n) is 16.6. The van der Waals surface area contributed by atoms with E-state index in [0.29, 0.717) is 11.8 Å². The summed E-state index contributed by atoms with van der Waals surface area (Å²) in [7, 11) is 3.26. The van der Waals surface area contributed by atoms with Crippen molar-refractivity contribution in [1.29, 1.82) is 0 Å². The van der Waals surface area contributed by atoms with Crippen molar-refractivity contribution in [2.45, 2.75) is 32.1 Å². The van der Waals surface area contributed by atoms with Gasteiger partial charge in [-0.3, -0.25) is 4.68 Å². The molecule has 148 valence electrons. The van der Waals surface area contributed by atoms with E-state index in [-0.39, 0.29) is 0 Å². The Morgan fingerprint density at radius 1 is 1.17 bits per heavy atom. The van der Waals surface area contributed by atoms with Gasteiger partial charge in [0.25, 0.3) is 0 Å². The van der Waals surface area contributed by atoms with Crippen LogP contribution in [0.3, 0.4) is 0 Å². The van der Waals surface area contributed by atoms with Crippen molar-refractivity contribution in [2.75, 3.05) is 7.11 Å². The Morgan fingerprint density at radius 2 is 2.00 bits per heavy atom. The van der Waals surface area contributed by atoms with E-state index in [2.05, 4.69) is 21.4 Å². The molecule has 1 aliphatic carbocycles. The Bertz CT molecular complexity index is 1250. The first-order valence-corrected chi connectivity index (χ1v) is 9.33. The normalized spacial score (nSPS) is 18.3. The monoisotopic (exact) mass is 392 g/mol. The fourth-order valence-electron chi connectivity index (χ4n) is 3.78. The molecule has 10 nitrogen and oxygen atoms in total. The van der Waals surface area contributed by atoms with Crippen LogP contribution in [-0.4, -0.2) is 52.6 Å². The molecule has 1 aliphatic rings. The molecule has 0 aliphatic heterocycles. The van der Waals surface area contributed by atoms with E-state index in [1.807, 2.05) is 31.6 Å². The Hall–Kier alpha value is -3.56. The number of aromatic nitrogens is 8. The summed E-state index contributed by atoms with van der Waals surface area (Å²) in [6, 6.07) is 4.09. The molecule has 29 heavy (non-hydrogen) atoms. The van der Waals surface area contributed by atoms with Gasteiger partial charge in [-0.25, -0.2) is 4.79 Å². The van der Waals surface area contributed by atoms with Crippen molar-refractivity contribution in [2.24, 2.45) is 7.05 Å². The van der Waals surface area contributed by atoms with Gasteiger partial charge in [0.2, 0.25) is 0 Å². The van der Waals surface area contributed by atoms with Crippen LogP contribution in [0.25, 0.3) is 17.0 Å². The molecule has 0 amide bonds. The van der Waals surface area contributed by atoms with Gasteiger partial charge in [0, 0.05) is 19.2 Å². The number of rotatable bonds is 3. The number of methoxy groups -OCH3 is 1. The molecule has 4 aromatic rings. The van der Waals surface area contributed by atoms with Crippen LogP contribution in [0.5, 0.6) is 0 Å². The van der Waals surface area contributed by atoms with Crippen molar-refractivity contribution in [3.63, 3.8) is 0 Å². The Morgan fingerprint density at radius 3 is 2.79 bits per heavy atom. The molecule has 0 spiro atoms. The van der Waals surface area contributed by atoms with Crippen LogP contribution in [0.1, 0.15) is 40.9 Å². The highest BCUT2D eigenvalue weighted by molar-refractivity contribution is 5.69. The predicted molar refractivity (Wildman–Crippen MR) is 103 cm³/mol. The maximum Gasteiger partial charge on any atom is 0.434 e. The summed E-state index contributed by atoms with van der Waals surface area (Å²) in [5, 5.41) is 21.8. The molecule has 0 N–H and O–H groups in total. The van der Waals surface area contributed by atoms with E-state index in [1.54, 1.807) is 16.9 Å². The minimum Gasteiger partial charge on any atom is -0.451 e. The van der Waals surface area contributed by atoms with Gasteiger partial charge in [-0.05, 0) is 49.4 Å². The minimum absolute atomic E-state index is 0.298. The quantitative estimate of drug-likeness (QED) is 0.526.